The Balaban J connectivity index is 1.20. The lowest BCUT2D eigenvalue weighted by atomic mass is 9.85. The summed E-state index contributed by atoms with van der Waals surface area (Å²) in [5, 5.41) is 22.3. The van der Waals surface area contributed by atoms with Crippen LogP contribution in [0.5, 0.6) is 0 Å². The Kier molecular flexibility index (Phi) is 6.00. The highest BCUT2D eigenvalue weighted by Crippen LogP contribution is 2.43. The number of aryl methyl sites for hydroxylation is 1. The zero-order valence-electron chi connectivity index (χ0n) is 30.2. The van der Waals surface area contributed by atoms with Crippen molar-refractivity contribution in [2.24, 2.45) is 0 Å². The first-order valence-corrected chi connectivity index (χ1v) is 19.0. The predicted octanol–water partition coefficient (Wildman–Crippen LogP) is 14.4. The van der Waals surface area contributed by atoms with Crippen molar-refractivity contribution in [1.82, 2.24) is 0 Å². The fourth-order valence-electron chi connectivity index (χ4n) is 9.85. The summed E-state index contributed by atoms with van der Waals surface area (Å²) in [6, 6.07) is 64.3. The molecule has 0 spiro atoms. The normalized spacial score (nSPS) is 12.9. The Labute approximate surface area is 312 Å². The Morgan fingerprint density at radius 3 is 1.19 bits per heavy atom. The molecule has 0 aromatic heterocycles. The lowest BCUT2D eigenvalue weighted by Gasteiger charge is -2.18. The minimum Gasteiger partial charge on any atom is -0.0610 e. The van der Waals surface area contributed by atoms with Gasteiger partial charge in [0.15, 0.2) is 0 Å². The van der Waals surface area contributed by atoms with Gasteiger partial charge in [-0.2, -0.15) is 0 Å². The molecule has 0 heterocycles. The molecule has 12 rings (SSSR count). The van der Waals surface area contributed by atoms with E-state index in [1.165, 1.54) is 130 Å². The molecular formula is C54H34. The SMILES string of the molecule is C/C(c1cc(-c2ccc3ccc4cccc5ccc2c3c45)cc(-c2ccc3ccc4cccc5ccc2c3c45)c1)=c1/ccc2cccc3ccc(C)c1c32. The van der Waals surface area contributed by atoms with E-state index in [1.807, 2.05) is 0 Å². The Morgan fingerprint density at radius 1 is 0.333 bits per heavy atom. The van der Waals surface area contributed by atoms with Gasteiger partial charge in [-0.1, -0.05) is 152 Å². The monoisotopic (exact) mass is 682 g/mol. The van der Waals surface area contributed by atoms with Crippen LogP contribution in [0.4, 0.5) is 0 Å². The van der Waals surface area contributed by atoms with E-state index in [1.54, 1.807) is 0 Å². The highest BCUT2D eigenvalue weighted by Gasteiger charge is 2.17. The molecule has 0 aliphatic heterocycles. The van der Waals surface area contributed by atoms with Gasteiger partial charge < -0.3 is 0 Å². The molecule has 12 aromatic carbocycles. The average molecular weight is 683 g/mol. The second-order valence-electron chi connectivity index (χ2n) is 15.3. The van der Waals surface area contributed by atoms with Gasteiger partial charge in [0.2, 0.25) is 0 Å². The van der Waals surface area contributed by atoms with E-state index in [2.05, 4.69) is 184 Å². The van der Waals surface area contributed by atoms with E-state index in [4.69, 9.17) is 0 Å². The highest BCUT2D eigenvalue weighted by atomic mass is 14.2. The van der Waals surface area contributed by atoms with E-state index >= 15 is 0 Å². The van der Waals surface area contributed by atoms with Gasteiger partial charge in [-0.3, -0.25) is 0 Å². The Morgan fingerprint density at radius 2 is 0.704 bits per heavy atom. The molecule has 0 bridgehead atoms. The summed E-state index contributed by atoms with van der Waals surface area (Å²) in [5.74, 6) is 0. The summed E-state index contributed by atoms with van der Waals surface area (Å²) in [6.45, 7) is 4.58. The van der Waals surface area contributed by atoms with Gasteiger partial charge in [0.25, 0.3) is 0 Å². The van der Waals surface area contributed by atoms with Gasteiger partial charge >= 0.3 is 0 Å². The summed E-state index contributed by atoms with van der Waals surface area (Å²) in [4.78, 5) is 0. The third-order valence-electron chi connectivity index (χ3n) is 12.4. The molecule has 0 aliphatic rings. The smallest absolute Gasteiger partial charge is 0.00206 e. The van der Waals surface area contributed by atoms with E-state index < -0.39 is 0 Å². The zero-order chi connectivity index (χ0) is 35.7. The van der Waals surface area contributed by atoms with Crippen molar-refractivity contribution in [3.63, 3.8) is 0 Å². The molecule has 0 radical (unpaired) electrons. The van der Waals surface area contributed by atoms with Crippen LogP contribution in [0.15, 0.2) is 170 Å². The van der Waals surface area contributed by atoms with Crippen molar-refractivity contribution in [1.29, 1.82) is 0 Å². The first-order valence-electron chi connectivity index (χ1n) is 19.0. The molecule has 0 heteroatoms. The molecule has 0 aliphatic carbocycles. The maximum atomic E-state index is 2.44. The molecule has 250 valence electrons. The van der Waals surface area contributed by atoms with Crippen LogP contribution < -0.4 is 5.22 Å². The third-order valence-corrected chi connectivity index (χ3v) is 12.4. The van der Waals surface area contributed by atoms with Gasteiger partial charge in [-0.15, -0.1) is 0 Å². The molecular weight excluding hydrogens is 649 g/mol. The van der Waals surface area contributed by atoms with Crippen molar-refractivity contribution >= 4 is 91.8 Å². The molecule has 12 aromatic rings. The van der Waals surface area contributed by atoms with Crippen molar-refractivity contribution in [3.8, 4) is 22.3 Å². The standard InChI is InChI=1S/C54H34/c1-31-12-13-33-6-3-9-36-18-23-44(49(31)50(33)36)32(2)41-28-42(45-24-19-39-16-14-34-7-4-10-37-21-26-47(45)53(39)51(34)37)30-43(29-41)46-25-20-40-17-15-35-8-5-11-38-22-27-48(46)54(40)52(35)38/h3-30H,1-2H3/b44-32+. The van der Waals surface area contributed by atoms with Crippen molar-refractivity contribution in [2.75, 3.05) is 0 Å². The van der Waals surface area contributed by atoms with Gasteiger partial charge in [0.05, 0.1) is 0 Å². The van der Waals surface area contributed by atoms with Crippen LogP contribution in [-0.2, 0) is 0 Å². The second kappa shape index (κ2) is 10.9. The molecule has 54 heavy (non-hydrogen) atoms. The van der Waals surface area contributed by atoms with Gasteiger partial charge in [-0.25, -0.2) is 0 Å². The number of hydrogen-bond donors (Lipinski definition) is 0. The third kappa shape index (κ3) is 4.08. The summed E-state index contributed by atoms with van der Waals surface area (Å²) in [7, 11) is 0. The van der Waals surface area contributed by atoms with Gasteiger partial charge in [0, 0.05) is 0 Å². The van der Waals surface area contributed by atoms with Crippen molar-refractivity contribution in [2.45, 2.75) is 13.8 Å². The van der Waals surface area contributed by atoms with E-state index in [9.17, 15) is 0 Å². The first-order chi connectivity index (χ1) is 26.6. The fraction of sp³-hybridized carbons (Fsp3) is 0.0370. The van der Waals surface area contributed by atoms with Crippen LogP contribution in [0.25, 0.3) is 114 Å². The summed E-state index contributed by atoms with van der Waals surface area (Å²) in [5.41, 5.74) is 8.85. The highest BCUT2D eigenvalue weighted by molar-refractivity contribution is 6.27. The summed E-state index contributed by atoms with van der Waals surface area (Å²) in [6.07, 6.45) is 0. The molecule has 0 amide bonds. The largest absolute Gasteiger partial charge is 0.0610 e. The van der Waals surface area contributed by atoms with Crippen LogP contribution >= 0.6 is 0 Å². The van der Waals surface area contributed by atoms with Crippen molar-refractivity contribution in [3.05, 3.63) is 186 Å². The average Bonchev–Trinajstić information content (AvgIpc) is 3.22. The molecule has 0 saturated carbocycles. The van der Waals surface area contributed by atoms with Crippen LogP contribution in [-0.4, -0.2) is 0 Å². The summed E-state index contributed by atoms with van der Waals surface area (Å²) < 4.78 is 0. The lowest BCUT2D eigenvalue weighted by molar-refractivity contribution is 1.48. The van der Waals surface area contributed by atoms with Crippen LogP contribution in [0.1, 0.15) is 18.1 Å². The topological polar surface area (TPSA) is 0 Å². The molecule has 0 unspecified atom stereocenters. The van der Waals surface area contributed by atoms with E-state index in [0.717, 1.165) is 0 Å². The number of rotatable bonds is 3. The number of hydrogen-bond acceptors (Lipinski definition) is 0. The number of benzene rings is 12. The van der Waals surface area contributed by atoms with Gasteiger partial charge in [-0.05, 0) is 162 Å². The Hall–Kier alpha value is -6.76. The van der Waals surface area contributed by atoms with Crippen LogP contribution in [0, 0.1) is 6.92 Å². The zero-order valence-corrected chi connectivity index (χ0v) is 30.2. The maximum Gasteiger partial charge on any atom is -0.00206 e. The summed E-state index contributed by atoms with van der Waals surface area (Å²) >= 11 is 0. The second-order valence-corrected chi connectivity index (χ2v) is 15.3. The van der Waals surface area contributed by atoms with Crippen LogP contribution in [0.3, 0.4) is 0 Å². The minimum absolute atomic E-state index is 1.24. The first kappa shape index (κ1) is 29.8. The predicted molar refractivity (Wildman–Crippen MR) is 234 cm³/mol. The molecule has 0 N–H and O–H groups in total. The molecule has 0 saturated heterocycles. The van der Waals surface area contributed by atoms with Gasteiger partial charge in [0.1, 0.15) is 0 Å². The van der Waals surface area contributed by atoms with Crippen LogP contribution in [0.2, 0.25) is 0 Å². The molecule has 0 nitrogen and oxygen atoms in total. The van der Waals surface area contributed by atoms with E-state index in [-0.39, 0.29) is 0 Å². The quantitative estimate of drug-likeness (QED) is 0.163. The lowest BCUT2D eigenvalue weighted by Crippen LogP contribution is -2.09. The minimum atomic E-state index is 1.24. The van der Waals surface area contributed by atoms with Crippen molar-refractivity contribution < 1.29 is 0 Å². The Bertz CT molecular complexity index is 3350. The van der Waals surface area contributed by atoms with E-state index in [0.29, 0.717) is 0 Å². The molecule has 0 atom stereocenters. The molecule has 0 fully saturated rings. The fourth-order valence-corrected chi connectivity index (χ4v) is 9.85. The maximum absolute atomic E-state index is 2.44.